The highest BCUT2D eigenvalue weighted by Gasteiger charge is 2.16. The molecule has 3 aromatic carbocycles. The van der Waals surface area contributed by atoms with Crippen molar-refractivity contribution in [2.45, 2.75) is 57.8 Å². The maximum absolute atomic E-state index is 12.7. The summed E-state index contributed by atoms with van der Waals surface area (Å²) >= 11 is 0. The van der Waals surface area contributed by atoms with Gasteiger partial charge in [0.15, 0.2) is 0 Å². The summed E-state index contributed by atoms with van der Waals surface area (Å²) in [6.45, 7) is 10.3. The smallest absolute Gasteiger partial charge is 0.261 e. The molecule has 3 aromatic rings. The Hall–Kier alpha value is -3.12. The van der Waals surface area contributed by atoms with Gasteiger partial charge in [-0.05, 0) is 78.3 Å². The zero-order valence-electron chi connectivity index (χ0n) is 19.9. The first-order chi connectivity index (χ1) is 15.4. The summed E-state index contributed by atoms with van der Waals surface area (Å²) in [5, 5.41) is 2.84. The van der Waals surface area contributed by atoms with Crippen molar-refractivity contribution in [3.63, 3.8) is 0 Å². The molecule has 0 aliphatic rings. The van der Waals surface area contributed by atoms with E-state index in [9.17, 15) is 13.2 Å². The minimum atomic E-state index is -3.72. The van der Waals surface area contributed by atoms with Crippen molar-refractivity contribution >= 4 is 27.3 Å². The molecule has 0 saturated carbocycles. The second kappa shape index (κ2) is 9.79. The van der Waals surface area contributed by atoms with Crippen LogP contribution < -0.4 is 10.0 Å². The maximum Gasteiger partial charge on any atom is 0.261 e. The third-order valence-corrected chi connectivity index (χ3v) is 6.93. The fourth-order valence-electron chi connectivity index (χ4n) is 3.42. The molecule has 0 atom stereocenters. The number of anilines is 2. The number of nitrogens with one attached hydrogen (secondary N) is 2. The Morgan fingerprint density at radius 2 is 1.52 bits per heavy atom. The van der Waals surface area contributed by atoms with Crippen LogP contribution in [0.5, 0.6) is 0 Å². The molecular formula is C27H32N2O3S. The summed E-state index contributed by atoms with van der Waals surface area (Å²) in [5.41, 5.74) is 5.42. The summed E-state index contributed by atoms with van der Waals surface area (Å²) in [4.78, 5) is 12.5. The molecule has 0 aliphatic carbocycles. The highest BCUT2D eigenvalue weighted by molar-refractivity contribution is 7.92. The first kappa shape index (κ1) is 24.5. The van der Waals surface area contributed by atoms with Gasteiger partial charge in [0.2, 0.25) is 5.91 Å². The fourth-order valence-corrected chi connectivity index (χ4v) is 4.54. The van der Waals surface area contributed by atoms with Crippen molar-refractivity contribution in [2.75, 3.05) is 10.0 Å². The lowest BCUT2D eigenvalue weighted by atomic mass is 9.86. The van der Waals surface area contributed by atoms with Crippen LogP contribution in [0, 0.1) is 13.8 Å². The van der Waals surface area contributed by atoms with Crippen LogP contribution in [0.25, 0.3) is 0 Å². The first-order valence-corrected chi connectivity index (χ1v) is 12.5. The second-order valence-electron chi connectivity index (χ2n) is 9.44. The molecule has 0 aliphatic heterocycles. The van der Waals surface area contributed by atoms with Gasteiger partial charge >= 0.3 is 0 Å². The number of rotatable bonds is 7. The quantitative estimate of drug-likeness (QED) is 0.452. The molecular weight excluding hydrogens is 432 g/mol. The number of amides is 1. The van der Waals surface area contributed by atoms with Crippen molar-refractivity contribution in [1.82, 2.24) is 0 Å². The lowest BCUT2D eigenvalue weighted by Gasteiger charge is -2.19. The summed E-state index contributed by atoms with van der Waals surface area (Å²) in [5.74, 6) is -0.112. The number of carbonyl (C=O) groups is 1. The topological polar surface area (TPSA) is 75.3 Å². The number of hydrogen-bond acceptors (Lipinski definition) is 3. The fraction of sp³-hybridized carbons (Fsp3) is 0.296. The van der Waals surface area contributed by atoms with E-state index in [1.165, 1.54) is 17.7 Å². The van der Waals surface area contributed by atoms with Gasteiger partial charge in [0.25, 0.3) is 10.0 Å². The van der Waals surface area contributed by atoms with Gasteiger partial charge in [0.05, 0.1) is 10.6 Å². The third kappa shape index (κ3) is 6.68. The van der Waals surface area contributed by atoms with Crippen LogP contribution in [-0.2, 0) is 26.7 Å². The largest absolute Gasteiger partial charge is 0.326 e. The zero-order chi connectivity index (χ0) is 24.2. The van der Waals surface area contributed by atoms with E-state index < -0.39 is 10.0 Å². The second-order valence-corrected chi connectivity index (χ2v) is 11.1. The van der Waals surface area contributed by atoms with Crippen molar-refractivity contribution in [3.05, 3.63) is 89.0 Å². The highest BCUT2D eigenvalue weighted by Crippen LogP contribution is 2.23. The van der Waals surface area contributed by atoms with Crippen molar-refractivity contribution in [3.8, 4) is 0 Å². The van der Waals surface area contributed by atoms with E-state index in [0.29, 0.717) is 24.2 Å². The van der Waals surface area contributed by atoms with Gasteiger partial charge in [-0.1, -0.05) is 57.2 Å². The van der Waals surface area contributed by atoms with E-state index in [1.54, 1.807) is 18.2 Å². The van der Waals surface area contributed by atoms with Crippen LogP contribution in [-0.4, -0.2) is 14.3 Å². The molecule has 0 aromatic heterocycles. The predicted molar refractivity (Wildman–Crippen MR) is 135 cm³/mol. The van der Waals surface area contributed by atoms with Gasteiger partial charge in [0, 0.05) is 12.1 Å². The Labute approximate surface area is 197 Å². The molecule has 1 amide bonds. The molecule has 3 rings (SSSR count). The van der Waals surface area contributed by atoms with E-state index in [2.05, 4.69) is 55.1 Å². The van der Waals surface area contributed by atoms with E-state index >= 15 is 0 Å². The molecule has 2 N–H and O–H groups in total. The zero-order valence-corrected chi connectivity index (χ0v) is 20.7. The van der Waals surface area contributed by atoms with Gasteiger partial charge < -0.3 is 5.32 Å². The van der Waals surface area contributed by atoms with Gasteiger partial charge in [0.1, 0.15) is 0 Å². The first-order valence-electron chi connectivity index (χ1n) is 11.0. The molecule has 0 bridgehead atoms. The Balaban J connectivity index is 1.58. The van der Waals surface area contributed by atoms with Crippen LogP contribution >= 0.6 is 0 Å². The average molecular weight is 465 g/mol. The normalized spacial score (nSPS) is 11.8. The number of hydrogen-bond donors (Lipinski definition) is 2. The molecule has 0 fully saturated rings. The van der Waals surface area contributed by atoms with Crippen LogP contribution in [0.4, 0.5) is 11.4 Å². The van der Waals surface area contributed by atoms with Gasteiger partial charge in [-0.15, -0.1) is 0 Å². The number of aryl methyl sites for hydroxylation is 3. The lowest BCUT2D eigenvalue weighted by molar-refractivity contribution is -0.116. The lowest BCUT2D eigenvalue weighted by Crippen LogP contribution is -2.15. The molecule has 0 heterocycles. The van der Waals surface area contributed by atoms with Gasteiger partial charge in [-0.3, -0.25) is 9.52 Å². The molecule has 0 unspecified atom stereocenters. The Morgan fingerprint density at radius 1 is 0.879 bits per heavy atom. The molecule has 0 radical (unpaired) electrons. The minimum absolute atomic E-state index is 0.101. The molecule has 174 valence electrons. The van der Waals surface area contributed by atoms with Crippen LogP contribution in [0.3, 0.4) is 0 Å². The predicted octanol–water partition coefficient (Wildman–Crippen LogP) is 5.97. The summed E-state index contributed by atoms with van der Waals surface area (Å²) in [7, 11) is -3.72. The summed E-state index contributed by atoms with van der Waals surface area (Å²) in [6, 6.07) is 20.2. The Kier molecular flexibility index (Phi) is 7.28. The van der Waals surface area contributed by atoms with E-state index in [1.807, 2.05) is 26.0 Å². The van der Waals surface area contributed by atoms with E-state index in [4.69, 9.17) is 0 Å². The van der Waals surface area contributed by atoms with Crippen LogP contribution in [0.1, 0.15) is 49.4 Å². The highest BCUT2D eigenvalue weighted by atomic mass is 32.2. The van der Waals surface area contributed by atoms with E-state index in [0.717, 1.165) is 16.7 Å². The molecule has 6 heteroatoms. The Morgan fingerprint density at radius 3 is 2.12 bits per heavy atom. The number of benzene rings is 3. The van der Waals surface area contributed by atoms with Crippen molar-refractivity contribution in [2.24, 2.45) is 0 Å². The van der Waals surface area contributed by atoms with Crippen LogP contribution in [0.15, 0.2) is 71.6 Å². The molecule has 0 saturated heterocycles. The van der Waals surface area contributed by atoms with Gasteiger partial charge in [-0.2, -0.15) is 0 Å². The standard InChI is InChI=1S/C27H32N2O3S/c1-19-6-7-20(2)25(18-19)29-33(31,32)24-15-13-23(14-16-24)28-26(30)17-10-21-8-11-22(12-9-21)27(3,4)5/h6-9,11-16,18,29H,10,17H2,1-5H3,(H,28,30). The average Bonchev–Trinajstić information content (AvgIpc) is 2.75. The van der Waals surface area contributed by atoms with Gasteiger partial charge in [-0.25, -0.2) is 8.42 Å². The SMILES string of the molecule is Cc1ccc(C)c(NS(=O)(=O)c2ccc(NC(=O)CCc3ccc(C(C)(C)C)cc3)cc2)c1. The third-order valence-electron chi connectivity index (χ3n) is 5.55. The van der Waals surface area contributed by atoms with E-state index in [-0.39, 0.29) is 16.2 Å². The summed E-state index contributed by atoms with van der Waals surface area (Å²) in [6.07, 6.45) is 0.992. The monoisotopic (exact) mass is 464 g/mol. The minimum Gasteiger partial charge on any atom is -0.326 e. The Bertz CT molecular complexity index is 1220. The number of sulfonamides is 1. The molecule has 33 heavy (non-hydrogen) atoms. The van der Waals surface area contributed by atoms with Crippen molar-refractivity contribution < 1.29 is 13.2 Å². The molecule has 0 spiro atoms. The summed E-state index contributed by atoms with van der Waals surface area (Å²) < 4.78 is 28.1. The molecule has 5 nitrogen and oxygen atoms in total. The maximum atomic E-state index is 12.7. The van der Waals surface area contributed by atoms with Crippen LogP contribution in [0.2, 0.25) is 0 Å². The number of carbonyl (C=O) groups excluding carboxylic acids is 1. The van der Waals surface area contributed by atoms with Crippen molar-refractivity contribution in [1.29, 1.82) is 0 Å².